The quantitative estimate of drug-likeness (QED) is 0.390. The molecule has 10 heteroatoms. The van der Waals surface area contributed by atoms with Gasteiger partial charge in [-0.3, -0.25) is 14.6 Å². The molecule has 3 aromatic rings. The van der Waals surface area contributed by atoms with Crippen LogP contribution >= 0.6 is 0 Å². The van der Waals surface area contributed by atoms with E-state index < -0.39 is 28.5 Å². The first kappa shape index (κ1) is 27.8. The van der Waals surface area contributed by atoms with Gasteiger partial charge in [0.2, 0.25) is 21.8 Å². The summed E-state index contributed by atoms with van der Waals surface area (Å²) in [6, 6.07) is 18.9. The van der Waals surface area contributed by atoms with Gasteiger partial charge in [0.25, 0.3) is 0 Å². The molecular weight excluding hydrogens is 492 g/mol. The number of hydrogen-bond donors (Lipinski definition) is 1. The zero-order valence-corrected chi connectivity index (χ0v) is 22.0. The van der Waals surface area contributed by atoms with Crippen molar-refractivity contribution < 1.29 is 22.7 Å². The van der Waals surface area contributed by atoms with Crippen LogP contribution in [0.1, 0.15) is 23.6 Å². The monoisotopic (exact) mass is 524 g/mol. The van der Waals surface area contributed by atoms with Crippen molar-refractivity contribution in [3.63, 3.8) is 0 Å². The lowest BCUT2D eigenvalue weighted by Gasteiger charge is -2.31. The van der Waals surface area contributed by atoms with Crippen LogP contribution in [0.25, 0.3) is 0 Å². The largest absolute Gasteiger partial charge is 0.497 e. The van der Waals surface area contributed by atoms with Crippen molar-refractivity contribution in [1.29, 1.82) is 0 Å². The molecule has 2 amide bonds. The third kappa shape index (κ3) is 8.40. The van der Waals surface area contributed by atoms with Gasteiger partial charge < -0.3 is 15.0 Å². The Kier molecular flexibility index (Phi) is 9.76. The van der Waals surface area contributed by atoms with Gasteiger partial charge in [-0.1, -0.05) is 48.5 Å². The summed E-state index contributed by atoms with van der Waals surface area (Å²) in [5, 5.41) is 2.84. The molecular formula is C27H32N4O5S. The molecule has 1 N–H and O–H groups in total. The van der Waals surface area contributed by atoms with Gasteiger partial charge >= 0.3 is 0 Å². The number of carbonyl (C=O) groups is 2. The number of pyridine rings is 1. The fourth-order valence-electron chi connectivity index (χ4n) is 3.67. The molecule has 9 nitrogen and oxygen atoms in total. The number of amides is 2. The molecule has 0 fully saturated rings. The maximum Gasteiger partial charge on any atom is 0.242 e. The Morgan fingerprint density at radius 2 is 1.59 bits per heavy atom. The number of hydrogen-bond acceptors (Lipinski definition) is 6. The third-order valence-corrected chi connectivity index (χ3v) is 7.05. The third-order valence-electron chi connectivity index (χ3n) is 5.85. The number of sulfonamides is 1. The van der Waals surface area contributed by atoms with Crippen LogP contribution in [0.3, 0.4) is 0 Å². The molecule has 0 aliphatic heterocycles. The molecule has 0 radical (unpaired) electrons. The summed E-state index contributed by atoms with van der Waals surface area (Å²) in [7, 11) is -2.14. The molecule has 0 spiro atoms. The molecule has 0 saturated heterocycles. The van der Waals surface area contributed by atoms with E-state index in [4.69, 9.17) is 4.74 Å². The highest BCUT2D eigenvalue weighted by Gasteiger charge is 2.30. The number of ether oxygens (including phenoxy) is 1. The van der Waals surface area contributed by atoms with E-state index in [1.807, 2.05) is 24.3 Å². The normalized spacial score (nSPS) is 12.1. The highest BCUT2D eigenvalue weighted by atomic mass is 32.2. The van der Waals surface area contributed by atoms with Gasteiger partial charge in [0.1, 0.15) is 11.8 Å². The lowest BCUT2D eigenvalue weighted by molar-refractivity contribution is -0.140. The van der Waals surface area contributed by atoms with Crippen molar-refractivity contribution in [1.82, 2.24) is 19.5 Å². The molecule has 0 bridgehead atoms. The zero-order valence-electron chi connectivity index (χ0n) is 21.2. The number of nitrogens with one attached hydrogen (secondary N) is 1. The van der Waals surface area contributed by atoms with E-state index in [2.05, 4.69) is 10.3 Å². The number of nitrogens with zero attached hydrogens (tertiary/aromatic N) is 3. The fraction of sp³-hybridized carbons (Fsp3) is 0.296. The number of aromatic nitrogens is 1. The van der Waals surface area contributed by atoms with Gasteiger partial charge in [0, 0.05) is 32.0 Å². The van der Waals surface area contributed by atoms with Crippen molar-refractivity contribution in [2.45, 2.75) is 32.6 Å². The van der Waals surface area contributed by atoms with E-state index in [1.165, 1.54) is 4.90 Å². The zero-order chi connectivity index (χ0) is 26.8. The highest BCUT2D eigenvalue weighted by Crippen LogP contribution is 2.16. The van der Waals surface area contributed by atoms with Gasteiger partial charge in [-0.25, -0.2) is 8.42 Å². The minimum Gasteiger partial charge on any atom is -0.497 e. The number of benzene rings is 2. The number of carbonyl (C=O) groups excluding carboxylic acids is 2. The Morgan fingerprint density at radius 1 is 0.946 bits per heavy atom. The topological polar surface area (TPSA) is 109 Å². The van der Waals surface area contributed by atoms with E-state index in [9.17, 15) is 18.0 Å². The first-order valence-electron chi connectivity index (χ1n) is 11.8. The summed E-state index contributed by atoms with van der Waals surface area (Å²) in [5.74, 6) is -0.184. The lowest BCUT2D eigenvalue weighted by atomic mass is 10.1. The summed E-state index contributed by atoms with van der Waals surface area (Å²) < 4.78 is 31.4. The van der Waals surface area contributed by atoms with Crippen LogP contribution in [-0.2, 0) is 39.2 Å². The first-order chi connectivity index (χ1) is 17.7. The molecule has 1 heterocycles. The van der Waals surface area contributed by atoms with Crippen LogP contribution in [-0.4, -0.2) is 60.4 Å². The Morgan fingerprint density at radius 3 is 2.19 bits per heavy atom. The highest BCUT2D eigenvalue weighted by molar-refractivity contribution is 7.88. The van der Waals surface area contributed by atoms with Crippen molar-refractivity contribution in [2.24, 2.45) is 0 Å². The summed E-state index contributed by atoms with van der Waals surface area (Å²) in [6.45, 7) is 1.65. The first-order valence-corrected chi connectivity index (χ1v) is 13.6. The van der Waals surface area contributed by atoms with E-state index >= 15 is 0 Å². The maximum atomic E-state index is 13.5. The van der Waals surface area contributed by atoms with Gasteiger partial charge in [-0.2, -0.15) is 4.31 Å². The molecule has 0 unspecified atom stereocenters. The fourth-order valence-corrected chi connectivity index (χ4v) is 4.40. The summed E-state index contributed by atoms with van der Waals surface area (Å²) in [6.07, 6.45) is 4.37. The van der Waals surface area contributed by atoms with Crippen molar-refractivity contribution in [3.8, 4) is 5.75 Å². The van der Waals surface area contributed by atoms with Crippen molar-refractivity contribution in [2.75, 3.05) is 19.9 Å². The van der Waals surface area contributed by atoms with E-state index in [1.54, 1.807) is 68.9 Å². The van der Waals surface area contributed by atoms with Crippen molar-refractivity contribution >= 4 is 21.8 Å². The van der Waals surface area contributed by atoms with Gasteiger partial charge in [-0.05, 0) is 41.8 Å². The summed E-state index contributed by atoms with van der Waals surface area (Å²) >= 11 is 0. The average molecular weight is 525 g/mol. The predicted molar refractivity (Wildman–Crippen MR) is 141 cm³/mol. The van der Waals surface area contributed by atoms with Crippen molar-refractivity contribution in [3.05, 3.63) is 95.8 Å². The molecule has 1 atom stereocenters. The number of methoxy groups -OCH3 is 1. The van der Waals surface area contributed by atoms with Crippen LogP contribution in [0.15, 0.2) is 79.1 Å². The van der Waals surface area contributed by atoms with Crippen LogP contribution < -0.4 is 10.1 Å². The molecule has 1 aromatic heterocycles. The Hall–Kier alpha value is -3.76. The van der Waals surface area contributed by atoms with Crippen LogP contribution in [0.4, 0.5) is 0 Å². The van der Waals surface area contributed by atoms with Gasteiger partial charge in [-0.15, -0.1) is 0 Å². The molecule has 0 aliphatic rings. The SMILES string of the molecule is COc1ccc(CN(C(=O)CN(Cc2ccccc2)S(C)(=O)=O)[C@@H](C)C(=O)NCc2cccnc2)cc1. The second kappa shape index (κ2) is 13.0. The van der Waals surface area contributed by atoms with Crippen LogP contribution in [0, 0.1) is 0 Å². The second-order valence-electron chi connectivity index (χ2n) is 8.64. The molecule has 2 aromatic carbocycles. The van der Waals surface area contributed by atoms with E-state index in [-0.39, 0.29) is 25.5 Å². The lowest BCUT2D eigenvalue weighted by Crippen LogP contribution is -2.50. The molecule has 0 saturated carbocycles. The summed E-state index contributed by atoms with van der Waals surface area (Å²) in [5.41, 5.74) is 2.35. The van der Waals surface area contributed by atoms with E-state index in [0.29, 0.717) is 5.75 Å². The van der Waals surface area contributed by atoms with Gasteiger partial charge in [0.05, 0.1) is 19.9 Å². The minimum atomic E-state index is -3.70. The Bertz CT molecular complexity index is 1270. The summed E-state index contributed by atoms with van der Waals surface area (Å²) in [4.78, 5) is 32.0. The molecule has 37 heavy (non-hydrogen) atoms. The smallest absolute Gasteiger partial charge is 0.242 e. The molecule has 3 rings (SSSR count). The van der Waals surface area contributed by atoms with Gasteiger partial charge in [0.15, 0.2) is 0 Å². The Balaban J connectivity index is 1.81. The van der Waals surface area contributed by atoms with E-state index in [0.717, 1.165) is 27.3 Å². The predicted octanol–water partition coefficient (Wildman–Crippen LogP) is 2.59. The molecule has 196 valence electrons. The maximum absolute atomic E-state index is 13.5. The average Bonchev–Trinajstić information content (AvgIpc) is 2.90. The molecule has 0 aliphatic carbocycles. The second-order valence-corrected chi connectivity index (χ2v) is 10.6. The standard InChI is InChI=1S/C27H32N4O5S/c1-21(27(33)29-17-24-10-7-15-28-16-24)31(19-23-11-13-25(36-2)14-12-23)26(32)20-30(37(3,34)35)18-22-8-5-4-6-9-22/h4-16,21H,17-20H2,1-3H3,(H,29,33)/t21-/m0/s1. The minimum absolute atomic E-state index is 0.0450. The van der Waals surface area contributed by atoms with Crippen LogP contribution in [0.5, 0.6) is 5.75 Å². The Labute approximate surface area is 218 Å². The number of rotatable bonds is 12. The van der Waals surface area contributed by atoms with Crippen LogP contribution in [0.2, 0.25) is 0 Å².